The van der Waals surface area contributed by atoms with Crippen LogP contribution in [-0.4, -0.2) is 49.7 Å². The number of amides is 1. The summed E-state index contributed by atoms with van der Waals surface area (Å²) in [4.78, 5) is 26.4. The van der Waals surface area contributed by atoms with Crippen molar-refractivity contribution in [2.45, 2.75) is 45.2 Å². The minimum absolute atomic E-state index is 0.150. The fourth-order valence-electron chi connectivity index (χ4n) is 3.16. The SMILES string of the molecule is COc1ccc(C(=O)OCC(=O)N2C(C)CCCC2C)cc1OC. The Bertz CT molecular complexity index is 591. The third-order valence-electron chi connectivity index (χ3n) is 4.43. The molecule has 2 rings (SSSR count). The predicted octanol–water partition coefficient (Wildman–Crippen LogP) is 2.65. The molecule has 1 saturated heterocycles. The molecule has 0 radical (unpaired) electrons. The molecule has 6 heteroatoms. The van der Waals surface area contributed by atoms with Crippen LogP contribution in [0.15, 0.2) is 18.2 Å². The lowest BCUT2D eigenvalue weighted by Crippen LogP contribution is -2.49. The molecule has 1 fully saturated rings. The first-order valence-corrected chi connectivity index (χ1v) is 8.18. The minimum Gasteiger partial charge on any atom is -0.493 e. The second-order valence-corrected chi connectivity index (χ2v) is 6.08. The van der Waals surface area contributed by atoms with Gasteiger partial charge in [-0.3, -0.25) is 4.79 Å². The number of methoxy groups -OCH3 is 2. The van der Waals surface area contributed by atoms with Gasteiger partial charge in [-0.05, 0) is 51.3 Å². The minimum atomic E-state index is -0.554. The number of ether oxygens (including phenoxy) is 3. The van der Waals surface area contributed by atoms with Crippen LogP contribution in [0.3, 0.4) is 0 Å². The molecule has 0 saturated carbocycles. The summed E-state index contributed by atoms with van der Waals surface area (Å²) in [5.74, 6) is 0.266. The zero-order valence-corrected chi connectivity index (χ0v) is 14.7. The number of hydrogen-bond acceptors (Lipinski definition) is 5. The molecule has 24 heavy (non-hydrogen) atoms. The number of piperidine rings is 1. The van der Waals surface area contributed by atoms with Crippen molar-refractivity contribution < 1.29 is 23.8 Å². The maximum absolute atomic E-state index is 12.4. The molecule has 0 bridgehead atoms. The molecule has 1 aliphatic heterocycles. The van der Waals surface area contributed by atoms with Gasteiger partial charge >= 0.3 is 5.97 Å². The van der Waals surface area contributed by atoms with Gasteiger partial charge in [0.15, 0.2) is 18.1 Å². The maximum atomic E-state index is 12.4. The van der Waals surface area contributed by atoms with Crippen LogP contribution in [0.2, 0.25) is 0 Å². The number of likely N-dealkylation sites (tertiary alicyclic amines) is 1. The molecular weight excluding hydrogens is 310 g/mol. The second kappa shape index (κ2) is 8.04. The van der Waals surface area contributed by atoms with Crippen molar-refractivity contribution in [3.05, 3.63) is 23.8 Å². The lowest BCUT2D eigenvalue weighted by atomic mass is 9.97. The van der Waals surface area contributed by atoms with E-state index in [1.807, 2.05) is 18.7 Å². The number of rotatable bonds is 5. The van der Waals surface area contributed by atoms with Gasteiger partial charge in [0.05, 0.1) is 19.8 Å². The summed E-state index contributed by atoms with van der Waals surface area (Å²) in [6.07, 6.45) is 3.09. The normalized spacial score (nSPS) is 20.4. The smallest absolute Gasteiger partial charge is 0.338 e. The first-order valence-electron chi connectivity index (χ1n) is 8.18. The molecule has 1 aromatic rings. The van der Waals surface area contributed by atoms with Crippen LogP contribution >= 0.6 is 0 Å². The van der Waals surface area contributed by atoms with Gasteiger partial charge in [-0.15, -0.1) is 0 Å². The third kappa shape index (κ3) is 3.99. The van der Waals surface area contributed by atoms with Crippen molar-refractivity contribution in [2.75, 3.05) is 20.8 Å². The van der Waals surface area contributed by atoms with Crippen LogP contribution < -0.4 is 9.47 Å². The van der Waals surface area contributed by atoms with Gasteiger partial charge in [-0.2, -0.15) is 0 Å². The third-order valence-corrected chi connectivity index (χ3v) is 4.43. The molecule has 2 atom stereocenters. The standard InChI is InChI=1S/C18H25NO5/c1-12-6-5-7-13(2)19(12)17(20)11-24-18(21)14-8-9-15(22-3)16(10-14)23-4/h8-10,12-13H,5-7,11H2,1-4H3. The highest BCUT2D eigenvalue weighted by atomic mass is 16.5. The average Bonchev–Trinajstić information content (AvgIpc) is 2.58. The van der Waals surface area contributed by atoms with Crippen molar-refractivity contribution in [3.63, 3.8) is 0 Å². The molecule has 132 valence electrons. The zero-order chi connectivity index (χ0) is 17.7. The Labute approximate surface area is 142 Å². The fraction of sp³-hybridized carbons (Fsp3) is 0.556. The summed E-state index contributed by atoms with van der Waals surface area (Å²) in [5.41, 5.74) is 0.320. The van der Waals surface area contributed by atoms with Crippen molar-refractivity contribution in [3.8, 4) is 11.5 Å². The van der Waals surface area contributed by atoms with Crippen molar-refractivity contribution in [2.24, 2.45) is 0 Å². The molecule has 1 amide bonds. The Kier molecular flexibility index (Phi) is 6.06. The monoisotopic (exact) mass is 335 g/mol. The molecule has 2 unspecified atom stereocenters. The van der Waals surface area contributed by atoms with Gasteiger partial charge in [-0.1, -0.05) is 0 Å². The Morgan fingerprint density at radius 1 is 1.08 bits per heavy atom. The van der Waals surface area contributed by atoms with E-state index in [0.717, 1.165) is 19.3 Å². The Morgan fingerprint density at radius 2 is 1.71 bits per heavy atom. The van der Waals surface area contributed by atoms with E-state index >= 15 is 0 Å². The number of esters is 1. The van der Waals surface area contributed by atoms with Gasteiger partial charge in [-0.25, -0.2) is 4.79 Å². The first kappa shape index (κ1) is 18.1. The maximum Gasteiger partial charge on any atom is 0.338 e. The van der Waals surface area contributed by atoms with Gasteiger partial charge < -0.3 is 19.1 Å². The molecule has 1 aromatic carbocycles. The summed E-state index contributed by atoms with van der Waals surface area (Å²) in [7, 11) is 3.02. The van der Waals surface area contributed by atoms with Gasteiger partial charge in [0.25, 0.3) is 5.91 Å². The van der Waals surface area contributed by atoms with Crippen LogP contribution in [0.25, 0.3) is 0 Å². The lowest BCUT2D eigenvalue weighted by Gasteiger charge is -2.38. The van der Waals surface area contributed by atoms with Crippen LogP contribution in [0, 0.1) is 0 Å². The van der Waals surface area contributed by atoms with E-state index in [-0.39, 0.29) is 24.6 Å². The average molecular weight is 335 g/mol. The quantitative estimate of drug-likeness (QED) is 0.774. The van der Waals surface area contributed by atoms with Crippen molar-refractivity contribution in [1.29, 1.82) is 0 Å². The number of carbonyl (C=O) groups is 2. The largest absolute Gasteiger partial charge is 0.493 e. The highest BCUT2D eigenvalue weighted by Crippen LogP contribution is 2.28. The number of hydrogen-bond donors (Lipinski definition) is 0. The molecular formula is C18H25NO5. The Hall–Kier alpha value is -2.24. The zero-order valence-electron chi connectivity index (χ0n) is 14.7. The summed E-state index contributed by atoms with van der Waals surface area (Å²) in [6.45, 7) is 3.81. The summed E-state index contributed by atoms with van der Waals surface area (Å²) >= 11 is 0. The molecule has 1 aliphatic rings. The van der Waals surface area contributed by atoms with Crippen molar-refractivity contribution in [1.82, 2.24) is 4.90 Å². The Balaban J connectivity index is 1.98. The second-order valence-electron chi connectivity index (χ2n) is 6.08. The van der Waals surface area contributed by atoms with E-state index in [1.54, 1.807) is 12.1 Å². The van der Waals surface area contributed by atoms with E-state index in [2.05, 4.69) is 0 Å². The van der Waals surface area contributed by atoms with Crippen LogP contribution in [0.5, 0.6) is 11.5 Å². The fourth-order valence-corrected chi connectivity index (χ4v) is 3.16. The summed E-state index contributed by atoms with van der Waals surface area (Å²) < 4.78 is 15.5. The number of carbonyl (C=O) groups excluding carboxylic acids is 2. The molecule has 0 N–H and O–H groups in total. The van der Waals surface area contributed by atoms with Crippen molar-refractivity contribution >= 4 is 11.9 Å². The van der Waals surface area contributed by atoms with E-state index in [4.69, 9.17) is 14.2 Å². The number of benzene rings is 1. The predicted molar refractivity (Wildman–Crippen MR) is 89.4 cm³/mol. The first-order chi connectivity index (χ1) is 11.5. The molecule has 0 aliphatic carbocycles. The lowest BCUT2D eigenvalue weighted by molar-refractivity contribution is -0.140. The Morgan fingerprint density at radius 3 is 2.29 bits per heavy atom. The highest BCUT2D eigenvalue weighted by molar-refractivity contribution is 5.92. The van der Waals surface area contributed by atoms with Crippen LogP contribution in [-0.2, 0) is 9.53 Å². The topological polar surface area (TPSA) is 65.1 Å². The van der Waals surface area contributed by atoms with Gasteiger partial charge in [0, 0.05) is 12.1 Å². The number of nitrogens with zero attached hydrogens (tertiary/aromatic N) is 1. The van der Waals surface area contributed by atoms with E-state index in [1.165, 1.54) is 20.3 Å². The van der Waals surface area contributed by atoms with Crippen LogP contribution in [0.1, 0.15) is 43.5 Å². The molecule has 0 spiro atoms. The van der Waals surface area contributed by atoms with E-state index in [0.29, 0.717) is 17.1 Å². The molecule has 0 aromatic heterocycles. The van der Waals surface area contributed by atoms with E-state index < -0.39 is 5.97 Å². The summed E-state index contributed by atoms with van der Waals surface area (Å²) in [6, 6.07) is 5.12. The van der Waals surface area contributed by atoms with Crippen LogP contribution in [0.4, 0.5) is 0 Å². The summed E-state index contributed by atoms with van der Waals surface area (Å²) in [5, 5.41) is 0. The molecule has 6 nitrogen and oxygen atoms in total. The van der Waals surface area contributed by atoms with E-state index in [9.17, 15) is 9.59 Å². The molecule has 1 heterocycles. The van der Waals surface area contributed by atoms with Gasteiger partial charge in [0.2, 0.25) is 0 Å². The van der Waals surface area contributed by atoms with Gasteiger partial charge in [0.1, 0.15) is 0 Å². The highest BCUT2D eigenvalue weighted by Gasteiger charge is 2.29.